The van der Waals surface area contributed by atoms with Crippen LogP contribution in [0.1, 0.15) is 16.8 Å². The van der Waals surface area contributed by atoms with E-state index in [1.54, 1.807) is 17.7 Å². The van der Waals surface area contributed by atoms with Crippen molar-refractivity contribution in [1.29, 1.82) is 5.26 Å². The molecule has 0 atom stereocenters. The molecular formula is C13H10F3N3O. The maximum atomic E-state index is 12.9. The predicted molar refractivity (Wildman–Crippen MR) is 63.7 cm³/mol. The first-order valence-electron chi connectivity index (χ1n) is 5.61. The first-order valence-corrected chi connectivity index (χ1v) is 5.61. The number of hydrogen-bond donors (Lipinski definition) is 0. The summed E-state index contributed by atoms with van der Waals surface area (Å²) in [7, 11) is 1.72. The molecule has 1 heterocycles. The number of aryl methyl sites for hydroxylation is 1. The van der Waals surface area contributed by atoms with Crippen molar-refractivity contribution in [3.8, 4) is 11.8 Å². The van der Waals surface area contributed by atoms with Crippen LogP contribution in [0.5, 0.6) is 5.75 Å². The summed E-state index contributed by atoms with van der Waals surface area (Å²) < 4.78 is 45.6. The van der Waals surface area contributed by atoms with E-state index in [1.165, 1.54) is 18.6 Å². The number of aromatic nitrogens is 2. The van der Waals surface area contributed by atoms with Gasteiger partial charge in [0.2, 0.25) is 0 Å². The highest BCUT2D eigenvalue weighted by molar-refractivity contribution is 5.43. The molecule has 0 saturated heterocycles. The Balaban J connectivity index is 2.28. The Kier molecular flexibility index (Phi) is 3.66. The average Bonchev–Trinajstić information content (AvgIpc) is 2.80. The highest BCUT2D eigenvalue weighted by atomic mass is 19.4. The second kappa shape index (κ2) is 5.25. The Morgan fingerprint density at radius 2 is 2.15 bits per heavy atom. The molecule has 20 heavy (non-hydrogen) atoms. The van der Waals surface area contributed by atoms with Crippen LogP contribution in [0.15, 0.2) is 30.7 Å². The van der Waals surface area contributed by atoms with Crippen LogP contribution in [0.4, 0.5) is 13.2 Å². The summed E-state index contributed by atoms with van der Waals surface area (Å²) in [5.74, 6) is -0.308. The molecule has 0 N–H and O–H groups in total. The molecule has 2 aromatic rings. The molecule has 0 aliphatic carbocycles. The number of ether oxygens (including phenoxy) is 1. The van der Waals surface area contributed by atoms with Gasteiger partial charge in [-0.25, -0.2) is 4.98 Å². The summed E-state index contributed by atoms with van der Waals surface area (Å²) in [5, 5.41) is 8.67. The third kappa shape index (κ3) is 2.91. The molecule has 0 spiro atoms. The molecule has 4 nitrogen and oxygen atoms in total. The SMILES string of the molecule is Cn1cncc1COc1ccc(C#N)cc1C(F)(F)F. The van der Waals surface area contributed by atoms with Crippen LogP contribution in [0.25, 0.3) is 0 Å². The van der Waals surface area contributed by atoms with Crippen molar-refractivity contribution >= 4 is 0 Å². The van der Waals surface area contributed by atoms with E-state index in [9.17, 15) is 13.2 Å². The van der Waals surface area contributed by atoms with Gasteiger partial charge in [-0.05, 0) is 18.2 Å². The molecule has 104 valence electrons. The third-order valence-corrected chi connectivity index (χ3v) is 2.71. The van der Waals surface area contributed by atoms with Crippen molar-refractivity contribution in [2.24, 2.45) is 7.05 Å². The fourth-order valence-corrected chi connectivity index (χ4v) is 1.62. The van der Waals surface area contributed by atoms with Crippen LogP contribution in [-0.2, 0) is 19.8 Å². The van der Waals surface area contributed by atoms with E-state index in [-0.39, 0.29) is 17.9 Å². The van der Waals surface area contributed by atoms with Crippen LogP contribution in [0.2, 0.25) is 0 Å². The van der Waals surface area contributed by atoms with E-state index < -0.39 is 11.7 Å². The Bertz CT molecular complexity index is 656. The van der Waals surface area contributed by atoms with Gasteiger partial charge in [-0.1, -0.05) is 0 Å². The van der Waals surface area contributed by atoms with Crippen LogP contribution >= 0.6 is 0 Å². The number of benzene rings is 1. The molecule has 2 rings (SSSR count). The van der Waals surface area contributed by atoms with E-state index >= 15 is 0 Å². The molecule has 1 aromatic heterocycles. The van der Waals surface area contributed by atoms with E-state index in [1.807, 2.05) is 0 Å². The number of nitriles is 1. The molecule has 0 saturated carbocycles. The van der Waals surface area contributed by atoms with Crippen LogP contribution in [0.3, 0.4) is 0 Å². The van der Waals surface area contributed by atoms with E-state index in [0.29, 0.717) is 5.69 Å². The summed E-state index contributed by atoms with van der Waals surface area (Å²) in [5.41, 5.74) is -0.383. The lowest BCUT2D eigenvalue weighted by molar-refractivity contribution is -0.139. The smallest absolute Gasteiger partial charge is 0.420 e. The topological polar surface area (TPSA) is 50.8 Å². The molecule has 7 heteroatoms. The monoisotopic (exact) mass is 281 g/mol. The molecule has 0 fully saturated rings. The van der Waals surface area contributed by atoms with E-state index in [2.05, 4.69) is 4.98 Å². The van der Waals surface area contributed by atoms with Gasteiger partial charge in [0.15, 0.2) is 0 Å². The van der Waals surface area contributed by atoms with Crippen molar-refractivity contribution < 1.29 is 17.9 Å². The average molecular weight is 281 g/mol. The number of halogens is 3. The molecule has 0 aliphatic heterocycles. The van der Waals surface area contributed by atoms with Crippen LogP contribution in [-0.4, -0.2) is 9.55 Å². The van der Waals surface area contributed by atoms with Gasteiger partial charge in [0.25, 0.3) is 0 Å². The zero-order valence-corrected chi connectivity index (χ0v) is 10.5. The second-order valence-corrected chi connectivity index (χ2v) is 4.11. The Morgan fingerprint density at radius 3 is 2.70 bits per heavy atom. The van der Waals surface area contributed by atoms with E-state index in [0.717, 1.165) is 12.1 Å². The van der Waals surface area contributed by atoms with Gasteiger partial charge >= 0.3 is 6.18 Å². The first-order chi connectivity index (χ1) is 9.41. The predicted octanol–water partition coefficient (Wildman–Crippen LogP) is 2.89. The molecule has 0 radical (unpaired) electrons. The summed E-state index contributed by atoms with van der Waals surface area (Å²) in [4.78, 5) is 3.85. The fourth-order valence-electron chi connectivity index (χ4n) is 1.62. The Morgan fingerprint density at radius 1 is 1.40 bits per heavy atom. The maximum absolute atomic E-state index is 12.9. The molecule has 1 aromatic carbocycles. The number of alkyl halides is 3. The molecule has 0 bridgehead atoms. The van der Waals surface area contributed by atoms with Gasteiger partial charge < -0.3 is 9.30 Å². The van der Waals surface area contributed by atoms with Gasteiger partial charge in [0.1, 0.15) is 12.4 Å². The summed E-state index contributed by atoms with van der Waals surface area (Å²) >= 11 is 0. The summed E-state index contributed by atoms with van der Waals surface area (Å²) in [6, 6.07) is 4.89. The van der Waals surface area contributed by atoms with Gasteiger partial charge in [-0.2, -0.15) is 18.4 Å². The van der Waals surface area contributed by atoms with Crippen molar-refractivity contribution in [2.45, 2.75) is 12.8 Å². The quantitative estimate of drug-likeness (QED) is 0.869. The van der Waals surface area contributed by atoms with E-state index in [4.69, 9.17) is 10.00 Å². The zero-order valence-electron chi connectivity index (χ0n) is 10.5. The third-order valence-electron chi connectivity index (χ3n) is 2.71. The summed E-state index contributed by atoms with van der Waals surface area (Å²) in [6.45, 7) is -0.0362. The van der Waals surface area contributed by atoms with Gasteiger partial charge in [-0.15, -0.1) is 0 Å². The highest BCUT2D eigenvalue weighted by Crippen LogP contribution is 2.37. The lowest BCUT2D eigenvalue weighted by Gasteiger charge is -2.14. The molecule has 0 amide bonds. The van der Waals surface area contributed by atoms with Gasteiger partial charge in [0.05, 0.1) is 35.4 Å². The normalized spacial score (nSPS) is 11.2. The molecule has 0 aliphatic rings. The lowest BCUT2D eigenvalue weighted by Crippen LogP contribution is -2.10. The number of imidazole rings is 1. The highest BCUT2D eigenvalue weighted by Gasteiger charge is 2.34. The van der Waals surface area contributed by atoms with Gasteiger partial charge in [-0.3, -0.25) is 0 Å². The standard InChI is InChI=1S/C13H10F3N3O/c1-19-8-18-6-10(19)7-20-12-3-2-9(5-17)4-11(12)13(14,15)16/h2-4,6,8H,7H2,1H3. The minimum atomic E-state index is -4.57. The Labute approximate surface area is 113 Å². The largest absolute Gasteiger partial charge is 0.487 e. The van der Waals surface area contributed by atoms with Gasteiger partial charge in [0, 0.05) is 7.05 Å². The minimum absolute atomic E-state index is 0.0362. The van der Waals surface area contributed by atoms with Crippen molar-refractivity contribution in [3.05, 3.63) is 47.5 Å². The van der Waals surface area contributed by atoms with Crippen molar-refractivity contribution in [1.82, 2.24) is 9.55 Å². The second-order valence-electron chi connectivity index (χ2n) is 4.11. The van der Waals surface area contributed by atoms with Crippen molar-refractivity contribution in [3.63, 3.8) is 0 Å². The number of rotatable bonds is 3. The zero-order chi connectivity index (χ0) is 14.8. The first kappa shape index (κ1) is 13.9. The Hall–Kier alpha value is -2.49. The molecule has 0 unspecified atom stereocenters. The van der Waals surface area contributed by atoms with Crippen LogP contribution < -0.4 is 4.74 Å². The summed E-state index contributed by atoms with van der Waals surface area (Å²) in [6.07, 6.45) is -1.53. The lowest BCUT2D eigenvalue weighted by atomic mass is 10.1. The van der Waals surface area contributed by atoms with Crippen LogP contribution in [0, 0.1) is 11.3 Å². The fraction of sp³-hybridized carbons (Fsp3) is 0.231. The molecular weight excluding hydrogens is 271 g/mol. The van der Waals surface area contributed by atoms with Crippen molar-refractivity contribution in [2.75, 3.05) is 0 Å². The number of nitrogens with zero attached hydrogens (tertiary/aromatic N) is 3. The maximum Gasteiger partial charge on any atom is 0.420 e. The minimum Gasteiger partial charge on any atom is -0.487 e. The number of hydrogen-bond acceptors (Lipinski definition) is 3.